The molecule has 0 spiro atoms. The number of hydrogen-bond donors (Lipinski definition) is 2. The minimum atomic E-state index is -0.246. The summed E-state index contributed by atoms with van der Waals surface area (Å²) in [5, 5.41) is 0. The molecule has 0 amide bonds. The fourth-order valence-electron chi connectivity index (χ4n) is 0.926. The molecule has 8 heteroatoms. The van der Waals surface area contributed by atoms with E-state index in [1.807, 2.05) is 0 Å². The molecular formula is C5H3Br2N5O. The van der Waals surface area contributed by atoms with Gasteiger partial charge in [-0.25, -0.2) is 8.58 Å². The van der Waals surface area contributed by atoms with Crippen molar-refractivity contribution in [3.05, 3.63) is 16.7 Å². The number of aromatic nitrogens is 4. The summed E-state index contributed by atoms with van der Waals surface area (Å²) < 4.78 is 3.78. The van der Waals surface area contributed by atoms with E-state index < -0.39 is 0 Å². The Morgan fingerprint density at radius 2 is 2.38 bits per heavy atom. The van der Waals surface area contributed by atoms with Gasteiger partial charge in [0.1, 0.15) is 0 Å². The van der Waals surface area contributed by atoms with E-state index in [9.17, 15) is 4.79 Å². The Morgan fingerprint density at radius 1 is 1.62 bits per heavy atom. The van der Waals surface area contributed by atoms with Gasteiger partial charge in [-0.15, -0.1) is 0 Å². The maximum atomic E-state index is 11.5. The number of imidazole rings is 1. The Morgan fingerprint density at radius 3 is 3.08 bits per heavy atom. The average molecular weight is 309 g/mol. The van der Waals surface area contributed by atoms with Gasteiger partial charge in [0.05, 0.1) is 22.5 Å². The van der Waals surface area contributed by atoms with E-state index in [-0.39, 0.29) is 5.56 Å². The molecular weight excluding hydrogens is 306 g/mol. The zero-order chi connectivity index (χ0) is 9.42. The summed E-state index contributed by atoms with van der Waals surface area (Å²) >= 11 is 6.02. The molecule has 0 aliphatic heterocycles. The van der Waals surface area contributed by atoms with Crippen LogP contribution >= 0.6 is 32.3 Å². The van der Waals surface area contributed by atoms with Crippen molar-refractivity contribution >= 4 is 49.4 Å². The first-order valence-corrected chi connectivity index (χ1v) is 4.73. The van der Waals surface area contributed by atoms with E-state index in [0.29, 0.717) is 17.1 Å². The first-order chi connectivity index (χ1) is 6.24. The number of halogens is 2. The van der Waals surface area contributed by atoms with Crippen LogP contribution in [0.2, 0.25) is 0 Å². The molecule has 0 aliphatic rings. The second-order valence-corrected chi connectivity index (χ2v) is 3.32. The molecule has 0 aromatic carbocycles. The standard InChI is InChI=1S/C5H3Br2N5O/c6-11-5-10-3-2(8-1-9-3)4(13)12(5)7/h1H,(H,8,9)(H,10,11). The molecule has 2 N–H and O–H groups in total. The molecule has 2 aromatic heterocycles. The number of nitrogens with one attached hydrogen (secondary N) is 2. The van der Waals surface area contributed by atoms with E-state index >= 15 is 0 Å². The molecule has 0 unspecified atom stereocenters. The van der Waals surface area contributed by atoms with Gasteiger partial charge in [-0.3, -0.25) is 9.14 Å². The summed E-state index contributed by atoms with van der Waals surface area (Å²) in [5.74, 6) is 0.338. The van der Waals surface area contributed by atoms with E-state index in [4.69, 9.17) is 0 Å². The Bertz CT molecular complexity index is 503. The lowest BCUT2D eigenvalue weighted by Crippen LogP contribution is -2.16. The monoisotopic (exact) mass is 307 g/mol. The predicted molar refractivity (Wildman–Crippen MR) is 55.0 cm³/mol. The van der Waals surface area contributed by atoms with Gasteiger partial charge in [0.2, 0.25) is 5.95 Å². The van der Waals surface area contributed by atoms with Gasteiger partial charge in [0.25, 0.3) is 5.56 Å². The van der Waals surface area contributed by atoms with Crippen molar-refractivity contribution in [3.8, 4) is 0 Å². The van der Waals surface area contributed by atoms with Crippen molar-refractivity contribution < 1.29 is 0 Å². The molecule has 2 aromatic rings. The first-order valence-electron chi connectivity index (χ1n) is 3.23. The van der Waals surface area contributed by atoms with Gasteiger partial charge in [-0.05, 0) is 0 Å². The largest absolute Gasteiger partial charge is 0.339 e. The lowest BCUT2D eigenvalue weighted by atomic mass is 10.5. The van der Waals surface area contributed by atoms with E-state index in [1.165, 1.54) is 9.92 Å². The van der Waals surface area contributed by atoms with Crippen LogP contribution in [0.4, 0.5) is 5.95 Å². The molecule has 2 heterocycles. The second-order valence-electron chi connectivity index (χ2n) is 2.22. The van der Waals surface area contributed by atoms with Crippen LogP contribution in [-0.4, -0.2) is 18.5 Å². The molecule has 2 rings (SSSR count). The number of H-pyrrole nitrogens is 1. The quantitative estimate of drug-likeness (QED) is 0.771. The van der Waals surface area contributed by atoms with Gasteiger partial charge >= 0.3 is 0 Å². The highest BCUT2D eigenvalue weighted by molar-refractivity contribution is 9.10. The summed E-state index contributed by atoms with van der Waals surface area (Å²) in [5.41, 5.74) is 0.496. The van der Waals surface area contributed by atoms with Crippen molar-refractivity contribution in [2.75, 3.05) is 4.34 Å². The Kier molecular flexibility index (Phi) is 2.08. The third-order valence-corrected chi connectivity index (χ3v) is 2.51. The van der Waals surface area contributed by atoms with Gasteiger partial charge in [0.15, 0.2) is 11.2 Å². The average Bonchev–Trinajstić information content (AvgIpc) is 2.59. The molecule has 0 bridgehead atoms. The van der Waals surface area contributed by atoms with Crippen molar-refractivity contribution in [2.45, 2.75) is 0 Å². The van der Waals surface area contributed by atoms with Crippen LogP contribution in [-0.2, 0) is 0 Å². The third-order valence-electron chi connectivity index (χ3n) is 1.49. The minimum absolute atomic E-state index is 0.246. The second kappa shape index (κ2) is 3.11. The Balaban J connectivity index is 2.92. The minimum Gasteiger partial charge on any atom is -0.339 e. The van der Waals surface area contributed by atoms with Crippen LogP contribution in [0.5, 0.6) is 0 Å². The highest BCUT2D eigenvalue weighted by Crippen LogP contribution is 2.10. The third kappa shape index (κ3) is 1.25. The number of fused-ring (bicyclic) bond motifs is 1. The molecule has 0 radical (unpaired) electrons. The summed E-state index contributed by atoms with van der Waals surface area (Å²) in [7, 11) is 0. The lowest BCUT2D eigenvalue weighted by Gasteiger charge is -2.00. The van der Waals surface area contributed by atoms with Gasteiger partial charge in [-0.2, -0.15) is 4.98 Å². The summed E-state index contributed by atoms with van der Waals surface area (Å²) in [6.45, 7) is 0. The molecule has 0 saturated heterocycles. The number of rotatable bonds is 1. The van der Waals surface area contributed by atoms with E-state index in [2.05, 4.69) is 51.6 Å². The summed E-state index contributed by atoms with van der Waals surface area (Å²) in [6.07, 6.45) is 1.42. The molecule has 0 saturated carbocycles. The van der Waals surface area contributed by atoms with Crippen LogP contribution < -0.4 is 9.90 Å². The van der Waals surface area contributed by atoms with Gasteiger partial charge in [0, 0.05) is 16.1 Å². The van der Waals surface area contributed by atoms with Crippen molar-refractivity contribution in [1.29, 1.82) is 0 Å². The highest BCUT2D eigenvalue weighted by Gasteiger charge is 2.09. The van der Waals surface area contributed by atoms with Crippen LogP contribution in [0.25, 0.3) is 11.2 Å². The van der Waals surface area contributed by atoms with E-state index in [0.717, 1.165) is 0 Å². The number of anilines is 1. The zero-order valence-corrected chi connectivity index (χ0v) is 9.26. The number of hydrogen-bond acceptors (Lipinski definition) is 4. The van der Waals surface area contributed by atoms with Gasteiger partial charge < -0.3 is 4.98 Å². The van der Waals surface area contributed by atoms with Crippen LogP contribution in [0.15, 0.2) is 11.1 Å². The summed E-state index contributed by atoms with van der Waals surface area (Å²) in [6, 6.07) is 0. The van der Waals surface area contributed by atoms with Crippen LogP contribution in [0, 0.1) is 0 Å². The highest BCUT2D eigenvalue weighted by atomic mass is 79.9. The number of aromatic amines is 1. The molecule has 0 aliphatic carbocycles. The maximum absolute atomic E-state index is 11.5. The fourth-order valence-corrected chi connectivity index (χ4v) is 1.78. The number of nitrogens with zero attached hydrogens (tertiary/aromatic N) is 3. The van der Waals surface area contributed by atoms with Gasteiger partial charge in [-0.1, -0.05) is 0 Å². The molecule has 68 valence electrons. The van der Waals surface area contributed by atoms with Crippen molar-refractivity contribution in [1.82, 2.24) is 18.5 Å². The molecule has 0 atom stereocenters. The molecule has 13 heavy (non-hydrogen) atoms. The Hall–Kier alpha value is -0.890. The topological polar surface area (TPSA) is 75.6 Å². The van der Waals surface area contributed by atoms with E-state index in [1.54, 1.807) is 0 Å². The van der Waals surface area contributed by atoms with Crippen LogP contribution in [0.1, 0.15) is 0 Å². The lowest BCUT2D eigenvalue weighted by molar-refractivity contribution is 1.13. The van der Waals surface area contributed by atoms with Crippen molar-refractivity contribution in [3.63, 3.8) is 0 Å². The fraction of sp³-hybridized carbons (Fsp3) is 0. The zero-order valence-electron chi connectivity index (χ0n) is 6.08. The van der Waals surface area contributed by atoms with Crippen molar-refractivity contribution in [2.24, 2.45) is 0 Å². The summed E-state index contributed by atoms with van der Waals surface area (Å²) in [4.78, 5) is 22.1. The maximum Gasteiger partial charge on any atom is 0.291 e. The van der Waals surface area contributed by atoms with Crippen LogP contribution in [0.3, 0.4) is 0 Å². The Labute approximate surface area is 89.1 Å². The molecule has 6 nitrogen and oxygen atoms in total. The molecule has 0 fully saturated rings. The SMILES string of the molecule is O=c1c2[nH]cnc2nc(NBr)n1Br. The predicted octanol–water partition coefficient (Wildman–Crippen LogP) is 0.999. The normalized spacial score (nSPS) is 10.6. The smallest absolute Gasteiger partial charge is 0.291 e. The first kappa shape index (κ1) is 8.70.